The van der Waals surface area contributed by atoms with Gasteiger partial charge in [0.15, 0.2) is 0 Å². The Hall–Kier alpha value is -3.14. The van der Waals surface area contributed by atoms with Crippen molar-refractivity contribution in [1.29, 1.82) is 0 Å². The predicted octanol–water partition coefficient (Wildman–Crippen LogP) is 5.00. The van der Waals surface area contributed by atoms with Gasteiger partial charge in [0.1, 0.15) is 28.6 Å². The van der Waals surface area contributed by atoms with E-state index in [9.17, 15) is 24.6 Å². The van der Waals surface area contributed by atoms with E-state index in [0.717, 1.165) is 50.5 Å². The minimum absolute atomic E-state index is 0. The molecule has 3 N–H and O–H groups in total. The van der Waals surface area contributed by atoms with E-state index in [1.54, 1.807) is 18.2 Å². The Morgan fingerprint density at radius 1 is 1.05 bits per heavy atom. The van der Waals surface area contributed by atoms with Gasteiger partial charge in [0.2, 0.25) is 11.8 Å². The first-order valence-electron chi connectivity index (χ1n) is 15.4. The molecule has 9 nitrogen and oxygen atoms in total. The average Bonchev–Trinajstić information content (AvgIpc) is 3.01. The number of likely N-dealkylation sites (tertiary alicyclic amines) is 1. The Labute approximate surface area is 260 Å². The second-order valence-corrected chi connectivity index (χ2v) is 12.0. The third-order valence-corrected chi connectivity index (χ3v) is 9.33. The normalized spacial score (nSPS) is 21.6. The molecule has 1 saturated carbocycles. The number of benzene rings is 2. The smallest absolute Gasteiger partial charge is 0.339 e. The van der Waals surface area contributed by atoms with Crippen LogP contribution >= 0.6 is 12.4 Å². The largest absolute Gasteiger partial charge is 0.478 e. The maximum absolute atomic E-state index is 13.8. The molecule has 2 atom stereocenters. The molecule has 234 valence electrons. The van der Waals surface area contributed by atoms with Crippen molar-refractivity contribution < 1.29 is 29.3 Å². The monoisotopic (exact) mass is 613 g/mol. The third-order valence-electron chi connectivity index (χ3n) is 9.33. The van der Waals surface area contributed by atoms with Crippen LogP contribution in [0.5, 0.6) is 11.5 Å². The molecule has 0 aromatic heterocycles. The van der Waals surface area contributed by atoms with Gasteiger partial charge in [-0.1, -0.05) is 56.9 Å². The van der Waals surface area contributed by atoms with E-state index < -0.39 is 23.7 Å². The molecule has 2 aromatic carbocycles. The van der Waals surface area contributed by atoms with Crippen LogP contribution in [0.3, 0.4) is 0 Å². The van der Waals surface area contributed by atoms with Gasteiger partial charge in [-0.25, -0.2) is 4.79 Å². The number of aliphatic hydroxyl groups excluding tert-OH is 1. The van der Waals surface area contributed by atoms with Gasteiger partial charge in [-0.3, -0.25) is 14.5 Å². The zero-order valence-electron chi connectivity index (χ0n) is 24.9. The maximum Gasteiger partial charge on any atom is 0.339 e. The lowest BCUT2D eigenvalue weighted by atomic mass is 9.78. The molecule has 1 aliphatic carbocycles. The van der Waals surface area contributed by atoms with Crippen LogP contribution in [-0.4, -0.2) is 75.1 Å². The van der Waals surface area contributed by atoms with Crippen LogP contribution in [0.1, 0.15) is 80.6 Å². The van der Waals surface area contributed by atoms with Gasteiger partial charge in [-0.05, 0) is 67.9 Å². The van der Waals surface area contributed by atoms with Crippen molar-refractivity contribution in [3.05, 3.63) is 59.7 Å². The van der Waals surface area contributed by atoms with Crippen LogP contribution in [0.4, 0.5) is 0 Å². The molecule has 0 bridgehead atoms. The van der Waals surface area contributed by atoms with Gasteiger partial charge in [0.05, 0.1) is 6.10 Å². The van der Waals surface area contributed by atoms with E-state index in [1.165, 1.54) is 6.07 Å². The Balaban J connectivity index is 0.00000423. The SMILES string of the molecule is CCCCN1C(=O)[C@@H]([C@H](O)C2CCCCC2)NC(=O)C12CCN(Cc1ccc(Oc3ccccc3C(=O)O)cc1)CC2.Cl. The highest BCUT2D eigenvalue weighted by Gasteiger charge is 2.55. The van der Waals surface area contributed by atoms with Crippen molar-refractivity contribution in [2.45, 2.75) is 88.9 Å². The summed E-state index contributed by atoms with van der Waals surface area (Å²) in [5, 5.41) is 23.5. The molecule has 3 aliphatic rings. The van der Waals surface area contributed by atoms with Crippen molar-refractivity contribution in [1.82, 2.24) is 15.1 Å². The highest BCUT2D eigenvalue weighted by Crippen LogP contribution is 2.36. The van der Waals surface area contributed by atoms with Crippen molar-refractivity contribution in [3.63, 3.8) is 0 Å². The number of nitrogens with one attached hydrogen (secondary N) is 1. The summed E-state index contributed by atoms with van der Waals surface area (Å²) in [7, 11) is 0. The fraction of sp³-hybridized carbons (Fsp3) is 0.545. The number of piperidine rings is 1. The molecule has 5 rings (SSSR count). The Kier molecular flexibility index (Phi) is 11.1. The van der Waals surface area contributed by atoms with Crippen molar-refractivity contribution in [2.24, 2.45) is 5.92 Å². The van der Waals surface area contributed by atoms with E-state index in [2.05, 4.69) is 17.1 Å². The second-order valence-electron chi connectivity index (χ2n) is 12.0. The molecular formula is C33H44ClN3O6. The first-order valence-corrected chi connectivity index (χ1v) is 15.4. The number of nitrogens with zero attached hydrogens (tertiary/aromatic N) is 2. The molecule has 2 amide bonds. The van der Waals surface area contributed by atoms with E-state index in [-0.39, 0.29) is 35.7 Å². The molecule has 0 unspecified atom stereocenters. The van der Waals surface area contributed by atoms with E-state index in [4.69, 9.17) is 4.74 Å². The molecule has 2 aliphatic heterocycles. The van der Waals surface area contributed by atoms with Crippen LogP contribution in [0, 0.1) is 5.92 Å². The topological polar surface area (TPSA) is 119 Å². The number of ether oxygens (including phenoxy) is 1. The molecule has 43 heavy (non-hydrogen) atoms. The van der Waals surface area contributed by atoms with Crippen LogP contribution in [0.2, 0.25) is 0 Å². The Morgan fingerprint density at radius 2 is 1.72 bits per heavy atom. The lowest BCUT2D eigenvalue weighted by Crippen LogP contribution is -2.75. The number of carbonyl (C=O) groups is 3. The van der Waals surface area contributed by atoms with Gasteiger partial charge >= 0.3 is 5.97 Å². The van der Waals surface area contributed by atoms with E-state index >= 15 is 0 Å². The molecule has 2 aromatic rings. The molecule has 2 heterocycles. The van der Waals surface area contributed by atoms with Gasteiger partial charge in [0.25, 0.3) is 0 Å². The lowest BCUT2D eigenvalue weighted by molar-refractivity contribution is -0.166. The number of aromatic carboxylic acids is 1. The second kappa shape index (κ2) is 14.6. The number of amides is 2. The zero-order valence-corrected chi connectivity index (χ0v) is 25.7. The summed E-state index contributed by atoms with van der Waals surface area (Å²) in [5.41, 5.74) is 0.310. The van der Waals surface area contributed by atoms with Crippen molar-refractivity contribution in [2.75, 3.05) is 19.6 Å². The summed E-state index contributed by atoms with van der Waals surface area (Å²) >= 11 is 0. The molecular weight excluding hydrogens is 570 g/mol. The lowest BCUT2D eigenvalue weighted by Gasteiger charge is -2.52. The summed E-state index contributed by atoms with van der Waals surface area (Å²) in [6, 6.07) is 13.3. The average molecular weight is 614 g/mol. The number of piperazine rings is 1. The number of para-hydroxylation sites is 1. The summed E-state index contributed by atoms with van der Waals surface area (Å²) in [6.07, 6.45) is 7.09. The Morgan fingerprint density at radius 3 is 2.37 bits per heavy atom. The third kappa shape index (κ3) is 7.16. The van der Waals surface area contributed by atoms with Gasteiger partial charge < -0.3 is 25.2 Å². The molecule has 0 radical (unpaired) electrons. The number of aliphatic hydroxyl groups is 1. The summed E-state index contributed by atoms with van der Waals surface area (Å²) < 4.78 is 5.83. The highest BCUT2D eigenvalue weighted by atomic mass is 35.5. The molecule has 10 heteroatoms. The van der Waals surface area contributed by atoms with Crippen molar-refractivity contribution in [3.8, 4) is 11.5 Å². The van der Waals surface area contributed by atoms with Gasteiger partial charge in [-0.15, -0.1) is 12.4 Å². The standard InChI is InChI=1S/C33H43N3O6.ClH/c1-2-3-19-36-30(38)28(29(37)24-9-5-4-6-10-24)34-32(41)33(36)17-20-35(21-18-33)22-23-13-15-25(16-14-23)42-27-12-8-7-11-26(27)31(39)40;/h7-8,11-16,24,28-29,37H,2-6,9-10,17-22H2,1H3,(H,34,41)(H,39,40);1H/t28-,29-;/m1./s1. The fourth-order valence-corrected chi connectivity index (χ4v) is 6.82. The highest BCUT2D eigenvalue weighted by molar-refractivity contribution is 6.00. The number of halogens is 1. The fourth-order valence-electron chi connectivity index (χ4n) is 6.82. The number of hydrogen-bond donors (Lipinski definition) is 3. The molecule has 2 saturated heterocycles. The van der Waals surface area contributed by atoms with Crippen LogP contribution in [0.25, 0.3) is 0 Å². The predicted molar refractivity (Wildman–Crippen MR) is 166 cm³/mol. The number of hydrogen-bond acceptors (Lipinski definition) is 6. The van der Waals surface area contributed by atoms with Crippen LogP contribution < -0.4 is 10.1 Å². The number of carbonyl (C=O) groups excluding carboxylic acids is 2. The van der Waals surface area contributed by atoms with E-state index in [0.29, 0.717) is 50.5 Å². The maximum atomic E-state index is 13.8. The quantitative estimate of drug-likeness (QED) is 0.345. The number of carboxylic acids is 1. The van der Waals surface area contributed by atoms with Crippen LogP contribution in [0.15, 0.2) is 48.5 Å². The first kappa shape index (κ1) is 32.8. The summed E-state index contributed by atoms with van der Waals surface area (Å²) in [6.45, 7) is 4.64. The molecule has 1 spiro atoms. The van der Waals surface area contributed by atoms with Gasteiger partial charge in [-0.2, -0.15) is 0 Å². The minimum Gasteiger partial charge on any atom is -0.478 e. The summed E-state index contributed by atoms with van der Waals surface area (Å²) in [5.74, 6) is -0.391. The number of carboxylic acid groups (broad SMARTS) is 1. The molecule has 3 fully saturated rings. The van der Waals surface area contributed by atoms with Crippen LogP contribution in [-0.2, 0) is 16.1 Å². The Bertz CT molecular complexity index is 1260. The zero-order chi connectivity index (χ0) is 29.7. The van der Waals surface area contributed by atoms with E-state index in [1.807, 2.05) is 29.2 Å². The van der Waals surface area contributed by atoms with Crippen molar-refractivity contribution >= 4 is 30.2 Å². The van der Waals surface area contributed by atoms with Gasteiger partial charge in [0, 0.05) is 26.2 Å². The number of rotatable bonds is 10. The minimum atomic E-state index is -1.04. The first-order chi connectivity index (χ1) is 20.3. The summed E-state index contributed by atoms with van der Waals surface area (Å²) in [4.78, 5) is 43.1. The number of unbranched alkanes of at least 4 members (excludes halogenated alkanes) is 1.